The molecule has 4 rings (SSSR count). The molecule has 0 N–H and O–H groups in total. The average Bonchev–Trinajstić information content (AvgIpc) is 3.37. The van der Waals surface area contributed by atoms with Gasteiger partial charge in [-0.2, -0.15) is 0 Å². The van der Waals surface area contributed by atoms with Crippen LogP contribution in [0.5, 0.6) is 0 Å². The van der Waals surface area contributed by atoms with Gasteiger partial charge in [-0.25, -0.2) is 0 Å². The van der Waals surface area contributed by atoms with Crippen molar-refractivity contribution >= 4 is 23.1 Å². The van der Waals surface area contributed by atoms with Crippen molar-refractivity contribution in [2.24, 2.45) is 0 Å². The van der Waals surface area contributed by atoms with E-state index in [1.54, 1.807) is 11.3 Å². The standard InChI is InChI=1S/C17H14N4O2S2/c1-11(15-19-20-16(23-15)13-8-5-9-24-13)25-17-21-18-14(22-17)10-12-6-3-2-4-7-12/h2-9,11H,10H2,1H3/t11-/m0/s1. The fourth-order valence-electron chi connectivity index (χ4n) is 2.23. The topological polar surface area (TPSA) is 77.8 Å². The predicted octanol–water partition coefficient (Wildman–Crippen LogP) is 4.63. The summed E-state index contributed by atoms with van der Waals surface area (Å²) in [5.41, 5.74) is 1.13. The highest BCUT2D eigenvalue weighted by molar-refractivity contribution is 7.99. The van der Waals surface area contributed by atoms with E-state index in [4.69, 9.17) is 8.83 Å². The molecule has 6 nitrogen and oxygen atoms in total. The zero-order valence-electron chi connectivity index (χ0n) is 13.3. The summed E-state index contributed by atoms with van der Waals surface area (Å²) in [6.07, 6.45) is 0.617. The monoisotopic (exact) mass is 370 g/mol. The summed E-state index contributed by atoms with van der Waals surface area (Å²) in [6, 6.07) is 13.9. The Balaban J connectivity index is 1.42. The molecule has 8 heteroatoms. The van der Waals surface area contributed by atoms with Crippen molar-refractivity contribution in [2.75, 3.05) is 0 Å². The molecular formula is C17H14N4O2S2. The van der Waals surface area contributed by atoms with Gasteiger partial charge in [0.1, 0.15) is 0 Å². The fraction of sp³-hybridized carbons (Fsp3) is 0.176. The number of aromatic nitrogens is 4. The number of hydrogen-bond acceptors (Lipinski definition) is 8. The van der Waals surface area contributed by atoms with Crippen molar-refractivity contribution in [2.45, 2.75) is 23.8 Å². The lowest BCUT2D eigenvalue weighted by Crippen LogP contribution is -1.88. The van der Waals surface area contributed by atoms with Crippen molar-refractivity contribution in [1.29, 1.82) is 0 Å². The van der Waals surface area contributed by atoms with Crippen molar-refractivity contribution in [3.05, 3.63) is 65.2 Å². The molecule has 1 aromatic carbocycles. The van der Waals surface area contributed by atoms with E-state index in [2.05, 4.69) is 20.4 Å². The van der Waals surface area contributed by atoms with Gasteiger partial charge in [0, 0.05) is 0 Å². The SMILES string of the molecule is C[C@H](Sc1nnc(Cc2ccccc2)o1)c1nnc(-c2cccs2)o1. The first-order valence-electron chi connectivity index (χ1n) is 7.68. The number of benzene rings is 1. The van der Waals surface area contributed by atoms with Gasteiger partial charge in [0.2, 0.25) is 11.8 Å². The Hall–Kier alpha value is -2.45. The van der Waals surface area contributed by atoms with E-state index in [-0.39, 0.29) is 5.25 Å². The minimum absolute atomic E-state index is 0.0776. The maximum absolute atomic E-state index is 5.74. The van der Waals surface area contributed by atoms with Gasteiger partial charge in [-0.05, 0) is 23.9 Å². The van der Waals surface area contributed by atoms with Crippen molar-refractivity contribution in [1.82, 2.24) is 20.4 Å². The lowest BCUT2D eigenvalue weighted by molar-refractivity contribution is 0.418. The lowest BCUT2D eigenvalue weighted by atomic mass is 10.2. The van der Waals surface area contributed by atoms with Crippen LogP contribution in [0, 0.1) is 0 Å². The minimum Gasteiger partial charge on any atom is -0.419 e. The molecule has 3 aromatic heterocycles. The van der Waals surface area contributed by atoms with E-state index in [1.807, 2.05) is 54.8 Å². The van der Waals surface area contributed by atoms with Crippen molar-refractivity contribution in [3.63, 3.8) is 0 Å². The molecule has 0 aliphatic heterocycles. The maximum atomic E-state index is 5.74. The normalized spacial score (nSPS) is 12.4. The first kappa shape index (κ1) is 16.0. The third kappa shape index (κ3) is 3.80. The summed E-state index contributed by atoms with van der Waals surface area (Å²) >= 11 is 2.97. The number of rotatable bonds is 6. The molecule has 1 atom stereocenters. The molecule has 0 unspecified atom stereocenters. The van der Waals surface area contributed by atoms with Crippen LogP contribution in [0.1, 0.15) is 29.5 Å². The van der Waals surface area contributed by atoms with Gasteiger partial charge < -0.3 is 8.83 Å². The number of thiophene rings is 1. The fourth-order valence-corrected chi connectivity index (χ4v) is 3.60. The van der Waals surface area contributed by atoms with Crippen LogP contribution in [0.2, 0.25) is 0 Å². The second kappa shape index (κ2) is 7.20. The largest absolute Gasteiger partial charge is 0.419 e. The van der Waals surface area contributed by atoms with Crippen molar-refractivity contribution < 1.29 is 8.83 Å². The lowest BCUT2D eigenvalue weighted by Gasteiger charge is -2.01. The summed E-state index contributed by atoms with van der Waals surface area (Å²) in [4.78, 5) is 0.957. The van der Waals surface area contributed by atoms with Gasteiger partial charge in [0.25, 0.3) is 11.1 Å². The zero-order valence-corrected chi connectivity index (χ0v) is 15.0. The van der Waals surface area contributed by atoms with E-state index in [9.17, 15) is 0 Å². The highest BCUT2D eigenvalue weighted by Gasteiger charge is 2.19. The van der Waals surface area contributed by atoms with Crippen LogP contribution in [-0.4, -0.2) is 20.4 Å². The van der Waals surface area contributed by atoms with Gasteiger partial charge in [0.15, 0.2) is 0 Å². The molecule has 3 heterocycles. The molecule has 25 heavy (non-hydrogen) atoms. The molecule has 0 spiro atoms. The smallest absolute Gasteiger partial charge is 0.277 e. The Morgan fingerprint density at radius 2 is 1.88 bits per heavy atom. The molecule has 0 amide bonds. The zero-order chi connectivity index (χ0) is 17.1. The average molecular weight is 370 g/mol. The summed E-state index contributed by atoms with van der Waals surface area (Å²) < 4.78 is 11.5. The third-order valence-corrected chi connectivity index (χ3v) is 5.22. The van der Waals surface area contributed by atoms with Crippen molar-refractivity contribution in [3.8, 4) is 10.8 Å². The Labute approximate surface area is 152 Å². The molecule has 0 fully saturated rings. The van der Waals surface area contributed by atoms with Crippen LogP contribution >= 0.6 is 23.1 Å². The maximum Gasteiger partial charge on any atom is 0.277 e. The Bertz CT molecular complexity index is 935. The molecule has 0 aliphatic carbocycles. The molecule has 126 valence electrons. The van der Waals surface area contributed by atoms with Crippen LogP contribution in [0.25, 0.3) is 10.8 Å². The predicted molar refractivity (Wildman–Crippen MR) is 95.4 cm³/mol. The molecule has 0 bridgehead atoms. The number of hydrogen-bond donors (Lipinski definition) is 0. The number of nitrogens with zero attached hydrogens (tertiary/aromatic N) is 4. The molecule has 0 radical (unpaired) electrons. The van der Waals surface area contributed by atoms with Gasteiger partial charge >= 0.3 is 0 Å². The highest BCUT2D eigenvalue weighted by atomic mass is 32.2. The molecule has 4 aromatic rings. The number of thioether (sulfide) groups is 1. The quantitative estimate of drug-likeness (QED) is 0.458. The van der Waals surface area contributed by atoms with Crippen LogP contribution in [0.4, 0.5) is 0 Å². The third-order valence-electron chi connectivity index (χ3n) is 3.44. The second-order valence-corrected chi connectivity index (χ2v) is 7.55. The summed E-state index contributed by atoms with van der Waals surface area (Å²) in [6.45, 7) is 1.97. The Morgan fingerprint density at radius 1 is 1.00 bits per heavy atom. The van der Waals surface area contributed by atoms with Gasteiger partial charge in [-0.15, -0.1) is 31.7 Å². The van der Waals surface area contributed by atoms with Gasteiger partial charge in [-0.1, -0.05) is 48.2 Å². The molecule has 0 saturated heterocycles. The van der Waals surface area contributed by atoms with E-state index in [0.717, 1.165) is 10.4 Å². The van der Waals surface area contributed by atoms with E-state index in [0.29, 0.717) is 29.3 Å². The second-order valence-electron chi connectivity index (χ2n) is 5.31. The van der Waals surface area contributed by atoms with E-state index >= 15 is 0 Å². The first-order chi connectivity index (χ1) is 12.3. The molecular weight excluding hydrogens is 356 g/mol. The Kier molecular flexibility index (Phi) is 4.62. The van der Waals surface area contributed by atoms with Crippen LogP contribution in [-0.2, 0) is 6.42 Å². The van der Waals surface area contributed by atoms with Crippen LogP contribution in [0.15, 0.2) is 61.9 Å². The van der Waals surface area contributed by atoms with Crippen LogP contribution in [0.3, 0.4) is 0 Å². The summed E-state index contributed by atoms with van der Waals surface area (Å²) in [7, 11) is 0. The first-order valence-corrected chi connectivity index (χ1v) is 9.44. The minimum atomic E-state index is -0.0776. The van der Waals surface area contributed by atoms with Crippen LogP contribution < -0.4 is 0 Å². The molecule has 0 saturated carbocycles. The highest BCUT2D eigenvalue weighted by Crippen LogP contribution is 2.35. The van der Waals surface area contributed by atoms with Gasteiger partial charge in [-0.3, -0.25) is 0 Å². The summed E-state index contributed by atoms with van der Waals surface area (Å²) in [5, 5.41) is 18.8. The van der Waals surface area contributed by atoms with E-state index in [1.165, 1.54) is 11.8 Å². The Morgan fingerprint density at radius 3 is 2.68 bits per heavy atom. The molecule has 0 aliphatic rings. The van der Waals surface area contributed by atoms with Gasteiger partial charge in [0.05, 0.1) is 16.5 Å². The summed E-state index contributed by atoms with van der Waals surface area (Å²) in [5.74, 6) is 1.66. The van der Waals surface area contributed by atoms with E-state index < -0.39 is 0 Å².